The molecule has 0 saturated carbocycles. The Bertz CT molecular complexity index is 1160. The van der Waals surface area contributed by atoms with Crippen LogP contribution in [-0.2, 0) is 29.5 Å². The normalized spacial score (nSPS) is 14.6. The number of hydrogen-bond acceptors (Lipinski definition) is 5. The van der Waals surface area contributed by atoms with Crippen LogP contribution >= 0.6 is 0 Å². The van der Waals surface area contributed by atoms with Crippen molar-refractivity contribution < 1.29 is 13.2 Å². The zero-order chi connectivity index (χ0) is 22.0. The van der Waals surface area contributed by atoms with Crippen molar-refractivity contribution in [3.63, 3.8) is 0 Å². The largest absolute Gasteiger partial charge is 0.494 e. The molecule has 7 nitrogen and oxygen atoms in total. The van der Waals surface area contributed by atoms with Crippen molar-refractivity contribution in [2.45, 2.75) is 31.3 Å². The van der Waals surface area contributed by atoms with Crippen molar-refractivity contribution in [1.82, 2.24) is 19.0 Å². The van der Waals surface area contributed by atoms with E-state index in [1.807, 2.05) is 35.0 Å². The van der Waals surface area contributed by atoms with Gasteiger partial charge in [-0.25, -0.2) is 13.1 Å². The molecule has 0 spiro atoms. The lowest BCUT2D eigenvalue weighted by Crippen LogP contribution is -2.32. The van der Waals surface area contributed by atoms with Crippen LogP contribution in [0.3, 0.4) is 0 Å². The number of likely N-dealkylation sites (N-methyl/N-ethyl adjacent to an activating group) is 1. The van der Waals surface area contributed by atoms with Crippen LogP contribution in [0.2, 0.25) is 0 Å². The SMILES string of the molecule is CCN1CCc2c(c(CN(C)S(=O)(=O)c3ccccc3)nn2-c2ccccc2OC)C1. The average Bonchev–Trinajstić information content (AvgIpc) is 3.16. The number of hydrogen-bond donors (Lipinski definition) is 0. The first-order valence-electron chi connectivity index (χ1n) is 10.4. The molecule has 0 N–H and O–H groups in total. The molecule has 8 heteroatoms. The molecule has 0 saturated heterocycles. The van der Waals surface area contributed by atoms with Gasteiger partial charge >= 0.3 is 0 Å². The molecule has 0 amide bonds. The lowest BCUT2D eigenvalue weighted by atomic mass is 10.0. The first kappa shape index (κ1) is 21.5. The Morgan fingerprint density at radius 3 is 2.52 bits per heavy atom. The van der Waals surface area contributed by atoms with Gasteiger partial charge in [-0.3, -0.25) is 4.90 Å². The molecular weight excluding hydrogens is 412 g/mol. The van der Waals surface area contributed by atoms with Crippen LogP contribution in [0, 0.1) is 0 Å². The summed E-state index contributed by atoms with van der Waals surface area (Å²) in [5, 5.41) is 4.89. The van der Waals surface area contributed by atoms with Crippen LogP contribution in [-0.4, -0.2) is 54.7 Å². The summed E-state index contributed by atoms with van der Waals surface area (Å²) in [5.74, 6) is 0.738. The summed E-state index contributed by atoms with van der Waals surface area (Å²) in [7, 11) is -0.349. The fraction of sp³-hybridized carbons (Fsp3) is 0.348. The zero-order valence-electron chi connectivity index (χ0n) is 18.2. The molecule has 0 fully saturated rings. The Hall–Kier alpha value is -2.68. The monoisotopic (exact) mass is 440 g/mol. The van der Waals surface area contributed by atoms with Gasteiger partial charge in [0.25, 0.3) is 0 Å². The minimum Gasteiger partial charge on any atom is -0.494 e. The van der Waals surface area contributed by atoms with Crippen molar-refractivity contribution in [2.24, 2.45) is 0 Å². The van der Waals surface area contributed by atoms with Gasteiger partial charge in [0.15, 0.2) is 0 Å². The van der Waals surface area contributed by atoms with Crippen molar-refractivity contribution in [3.8, 4) is 11.4 Å². The number of benzene rings is 2. The number of para-hydroxylation sites is 2. The van der Waals surface area contributed by atoms with Gasteiger partial charge in [0, 0.05) is 32.1 Å². The first-order valence-corrected chi connectivity index (χ1v) is 11.9. The Kier molecular flexibility index (Phi) is 6.13. The summed E-state index contributed by atoms with van der Waals surface area (Å²) in [5.41, 5.74) is 3.87. The summed E-state index contributed by atoms with van der Waals surface area (Å²) in [4.78, 5) is 2.64. The smallest absolute Gasteiger partial charge is 0.243 e. The number of ether oxygens (including phenoxy) is 1. The second-order valence-corrected chi connectivity index (χ2v) is 9.69. The minimum atomic E-state index is -3.61. The highest BCUT2D eigenvalue weighted by atomic mass is 32.2. The minimum absolute atomic E-state index is 0.208. The summed E-state index contributed by atoms with van der Waals surface area (Å²) in [6.07, 6.45) is 0.851. The molecule has 1 aliphatic rings. The maximum atomic E-state index is 13.1. The van der Waals surface area contributed by atoms with E-state index in [-0.39, 0.29) is 11.4 Å². The van der Waals surface area contributed by atoms with Gasteiger partial charge in [0.05, 0.1) is 29.9 Å². The Labute approximate surface area is 183 Å². The average molecular weight is 441 g/mol. The summed E-state index contributed by atoms with van der Waals surface area (Å²) < 4.78 is 35.0. The molecule has 1 aromatic heterocycles. The fourth-order valence-electron chi connectivity index (χ4n) is 4.01. The molecule has 1 aliphatic heterocycles. The van der Waals surface area contributed by atoms with E-state index in [2.05, 4.69) is 11.8 Å². The number of nitrogens with zero attached hydrogens (tertiary/aromatic N) is 4. The van der Waals surface area contributed by atoms with Crippen molar-refractivity contribution >= 4 is 10.0 Å². The lowest BCUT2D eigenvalue weighted by Gasteiger charge is -2.27. The van der Waals surface area contributed by atoms with Gasteiger partial charge < -0.3 is 4.74 Å². The number of sulfonamides is 1. The predicted molar refractivity (Wildman–Crippen MR) is 120 cm³/mol. The van der Waals surface area contributed by atoms with Crippen molar-refractivity contribution in [1.29, 1.82) is 0 Å². The molecule has 3 aromatic rings. The fourth-order valence-corrected chi connectivity index (χ4v) is 5.16. The van der Waals surface area contributed by atoms with E-state index in [0.29, 0.717) is 0 Å². The third-order valence-corrected chi connectivity index (χ3v) is 7.62. The number of rotatable bonds is 7. The second kappa shape index (κ2) is 8.82. The van der Waals surface area contributed by atoms with Crippen LogP contribution < -0.4 is 4.74 Å². The topological polar surface area (TPSA) is 67.7 Å². The van der Waals surface area contributed by atoms with Crippen LogP contribution in [0.4, 0.5) is 0 Å². The molecular formula is C23H28N4O3S. The molecule has 0 bridgehead atoms. The third-order valence-electron chi connectivity index (χ3n) is 5.80. The van der Waals surface area contributed by atoms with E-state index >= 15 is 0 Å². The van der Waals surface area contributed by atoms with Crippen LogP contribution in [0.1, 0.15) is 23.9 Å². The van der Waals surface area contributed by atoms with E-state index < -0.39 is 10.0 Å². The van der Waals surface area contributed by atoms with E-state index in [1.54, 1.807) is 38.4 Å². The van der Waals surface area contributed by atoms with Gasteiger partial charge in [-0.05, 0) is 30.8 Å². The van der Waals surface area contributed by atoms with E-state index in [0.717, 1.165) is 54.4 Å². The number of fused-ring (bicyclic) bond motifs is 1. The standard InChI is InChI=1S/C23H28N4O3S/c1-4-26-15-14-21-19(16-26)20(24-27(21)22-12-8-9-13-23(22)30-3)17-25(2)31(28,29)18-10-6-5-7-11-18/h5-13H,4,14-17H2,1-3H3. The molecule has 0 aliphatic carbocycles. The highest BCUT2D eigenvalue weighted by Crippen LogP contribution is 2.30. The van der Waals surface area contributed by atoms with E-state index in [9.17, 15) is 8.42 Å². The Balaban J connectivity index is 1.75. The highest BCUT2D eigenvalue weighted by Gasteiger charge is 2.29. The van der Waals surface area contributed by atoms with Gasteiger partial charge in [-0.15, -0.1) is 0 Å². The molecule has 164 valence electrons. The van der Waals surface area contributed by atoms with Crippen molar-refractivity contribution in [3.05, 3.63) is 71.5 Å². The van der Waals surface area contributed by atoms with Crippen molar-refractivity contribution in [2.75, 3.05) is 27.2 Å². The first-order chi connectivity index (χ1) is 15.0. The van der Waals surface area contributed by atoms with Crippen LogP contribution in [0.15, 0.2) is 59.5 Å². The zero-order valence-corrected chi connectivity index (χ0v) is 19.0. The van der Waals surface area contributed by atoms with Crippen LogP contribution in [0.25, 0.3) is 5.69 Å². The maximum absolute atomic E-state index is 13.1. The third kappa shape index (κ3) is 4.11. The molecule has 2 aromatic carbocycles. The predicted octanol–water partition coefficient (Wildman–Crippen LogP) is 3.08. The quantitative estimate of drug-likeness (QED) is 0.565. The molecule has 2 heterocycles. The molecule has 0 unspecified atom stereocenters. The summed E-state index contributed by atoms with van der Waals surface area (Å²) >= 11 is 0. The lowest BCUT2D eigenvalue weighted by molar-refractivity contribution is 0.264. The van der Waals surface area contributed by atoms with E-state index in [1.165, 1.54) is 4.31 Å². The number of aromatic nitrogens is 2. The summed E-state index contributed by atoms with van der Waals surface area (Å²) in [6.45, 7) is 4.99. The Morgan fingerprint density at radius 1 is 1.10 bits per heavy atom. The van der Waals surface area contributed by atoms with Gasteiger partial charge in [0.2, 0.25) is 10.0 Å². The molecule has 4 rings (SSSR count). The molecule has 0 radical (unpaired) electrons. The van der Waals surface area contributed by atoms with Gasteiger partial charge in [0.1, 0.15) is 11.4 Å². The van der Waals surface area contributed by atoms with Crippen LogP contribution in [0.5, 0.6) is 5.75 Å². The maximum Gasteiger partial charge on any atom is 0.243 e. The van der Waals surface area contributed by atoms with Gasteiger partial charge in [-0.1, -0.05) is 37.3 Å². The number of methoxy groups -OCH3 is 1. The highest BCUT2D eigenvalue weighted by molar-refractivity contribution is 7.89. The molecule has 0 atom stereocenters. The molecule has 31 heavy (non-hydrogen) atoms. The Morgan fingerprint density at radius 2 is 1.81 bits per heavy atom. The van der Waals surface area contributed by atoms with Gasteiger partial charge in [-0.2, -0.15) is 9.40 Å². The van der Waals surface area contributed by atoms with E-state index in [4.69, 9.17) is 9.84 Å². The second-order valence-electron chi connectivity index (χ2n) is 7.65. The summed E-state index contributed by atoms with van der Waals surface area (Å²) in [6, 6.07) is 16.3.